The van der Waals surface area contributed by atoms with Gasteiger partial charge in [0.15, 0.2) is 5.13 Å². The van der Waals surface area contributed by atoms with Gasteiger partial charge in [0.25, 0.3) is 5.91 Å². The number of nitrogens with zero attached hydrogens (tertiary/aromatic N) is 6. The molecule has 30 heavy (non-hydrogen) atoms. The first-order valence-electron chi connectivity index (χ1n) is 9.62. The van der Waals surface area contributed by atoms with Crippen LogP contribution < -0.4 is 15.1 Å². The van der Waals surface area contributed by atoms with E-state index in [9.17, 15) is 4.79 Å². The molecule has 1 aliphatic rings. The van der Waals surface area contributed by atoms with E-state index in [1.165, 1.54) is 11.3 Å². The van der Waals surface area contributed by atoms with Crippen LogP contribution in [0.3, 0.4) is 0 Å². The second-order valence-corrected chi connectivity index (χ2v) is 8.03. The zero-order chi connectivity index (χ0) is 20.5. The van der Waals surface area contributed by atoms with Crippen LogP contribution in [0.25, 0.3) is 11.0 Å². The maximum atomic E-state index is 12.3. The Morgan fingerprint density at radius 1 is 1.27 bits per heavy atom. The summed E-state index contributed by atoms with van der Waals surface area (Å²) < 4.78 is 0. The average Bonchev–Trinajstić information content (AvgIpc) is 3.54. The van der Waals surface area contributed by atoms with Crippen molar-refractivity contribution >= 4 is 45.0 Å². The smallest absolute Gasteiger partial charge is 0.259 e. The number of rotatable bonds is 5. The second-order valence-electron chi connectivity index (χ2n) is 7.13. The average molecular weight is 421 g/mol. The number of fused-ring (bicyclic) bond motifs is 1. The highest BCUT2D eigenvalue weighted by Crippen LogP contribution is 2.28. The van der Waals surface area contributed by atoms with Gasteiger partial charge in [-0.05, 0) is 24.6 Å². The molecule has 0 aliphatic carbocycles. The molecule has 1 atom stereocenters. The number of carbonyl (C=O) groups is 1. The molecule has 152 valence electrons. The Hall–Kier alpha value is -3.53. The zero-order valence-corrected chi connectivity index (χ0v) is 17.1. The normalized spacial score (nSPS) is 16.2. The maximum Gasteiger partial charge on any atom is 0.259 e. The molecule has 0 spiro atoms. The molecule has 5 rings (SSSR count). The minimum absolute atomic E-state index is 0.210. The van der Waals surface area contributed by atoms with E-state index < -0.39 is 0 Å². The molecule has 1 aliphatic heterocycles. The molecule has 0 saturated carbocycles. The maximum absolute atomic E-state index is 12.3. The zero-order valence-electron chi connectivity index (χ0n) is 16.3. The Labute approximate surface area is 176 Å². The van der Waals surface area contributed by atoms with Gasteiger partial charge in [0.1, 0.15) is 23.6 Å². The Kier molecular flexibility index (Phi) is 4.75. The molecular formula is C20H20N8OS. The molecular weight excluding hydrogens is 400 g/mol. The number of nitrogens with one attached hydrogen (secondary N) is 2. The highest BCUT2D eigenvalue weighted by molar-refractivity contribution is 7.13. The van der Waals surface area contributed by atoms with E-state index in [-0.39, 0.29) is 5.91 Å². The number of likely N-dealkylation sites (N-methyl/N-ethyl adjacent to an activating group) is 1. The van der Waals surface area contributed by atoms with Gasteiger partial charge < -0.3 is 14.8 Å². The van der Waals surface area contributed by atoms with Gasteiger partial charge in [0, 0.05) is 50.1 Å². The van der Waals surface area contributed by atoms with Crippen LogP contribution in [0.2, 0.25) is 0 Å². The van der Waals surface area contributed by atoms with E-state index in [2.05, 4.69) is 40.0 Å². The lowest BCUT2D eigenvalue weighted by atomic mass is 10.2. The van der Waals surface area contributed by atoms with E-state index in [0.29, 0.717) is 16.7 Å². The molecule has 0 aromatic carbocycles. The monoisotopic (exact) mass is 420 g/mol. The number of aromatic amines is 1. The second kappa shape index (κ2) is 7.71. The van der Waals surface area contributed by atoms with Gasteiger partial charge in [-0.2, -0.15) is 0 Å². The summed E-state index contributed by atoms with van der Waals surface area (Å²) in [5, 5.41) is 6.20. The van der Waals surface area contributed by atoms with Crippen molar-refractivity contribution < 1.29 is 4.79 Å². The van der Waals surface area contributed by atoms with Crippen LogP contribution in [0, 0.1) is 0 Å². The van der Waals surface area contributed by atoms with Crippen molar-refractivity contribution in [2.75, 3.05) is 35.3 Å². The van der Waals surface area contributed by atoms with Crippen molar-refractivity contribution in [3.63, 3.8) is 0 Å². The first kappa shape index (κ1) is 18.5. The van der Waals surface area contributed by atoms with Gasteiger partial charge in [0.05, 0.1) is 10.9 Å². The van der Waals surface area contributed by atoms with Crippen molar-refractivity contribution in [2.24, 2.45) is 0 Å². The predicted molar refractivity (Wildman–Crippen MR) is 117 cm³/mol. The predicted octanol–water partition coefficient (Wildman–Crippen LogP) is 2.78. The molecule has 2 N–H and O–H groups in total. The van der Waals surface area contributed by atoms with Crippen molar-refractivity contribution in [1.82, 2.24) is 24.9 Å². The van der Waals surface area contributed by atoms with E-state index in [0.717, 1.165) is 42.2 Å². The summed E-state index contributed by atoms with van der Waals surface area (Å²) in [6.45, 7) is 1.77. The third kappa shape index (κ3) is 3.45. The summed E-state index contributed by atoms with van der Waals surface area (Å²) in [6, 6.07) is 5.99. The topological polar surface area (TPSA) is 103 Å². The number of hydrogen-bond acceptors (Lipinski definition) is 8. The number of aromatic nitrogens is 5. The molecule has 5 heterocycles. The van der Waals surface area contributed by atoms with Crippen LogP contribution in [-0.2, 0) is 0 Å². The molecule has 4 aromatic rings. The molecule has 0 radical (unpaired) electrons. The first-order chi connectivity index (χ1) is 14.7. The number of thiazole rings is 1. The molecule has 1 amide bonds. The number of H-pyrrole nitrogens is 1. The molecule has 4 aromatic heterocycles. The Morgan fingerprint density at radius 2 is 2.20 bits per heavy atom. The SMILES string of the molecule is CN(c1ccc(C(=O)Nc2nccs2)cn1)C1CCN(c2ncnc3[nH]ccc23)C1. The third-order valence-corrected chi connectivity index (χ3v) is 6.06. The highest BCUT2D eigenvalue weighted by atomic mass is 32.1. The number of amides is 1. The number of pyridine rings is 1. The lowest BCUT2D eigenvalue weighted by molar-refractivity contribution is 0.102. The summed E-state index contributed by atoms with van der Waals surface area (Å²) >= 11 is 1.38. The largest absolute Gasteiger partial charge is 0.355 e. The van der Waals surface area contributed by atoms with Gasteiger partial charge in [0.2, 0.25) is 0 Å². The molecule has 1 saturated heterocycles. The number of hydrogen-bond donors (Lipinski definition) is 2. The molecule has 1 fully saturated rings. The number of carbonyl (C=O) groups excluding carboxylic acids is 1. The van der Waals surface area contributed by atoms with Crippen LogP contribution in [-0.4, -0.2) is 57.0 Å². The minimum Gasteiger partial charge on any atom is -0.355 e. The van der Waals surface area contributed by atoms with E-state index in [1.807, 2.05) is 30.8 Å². The molecule has 1 unspecified atom stereocenters. The molecule has 10 heteroatoms. The van der Waals surface area contributed by atoms with E-state index in [4.69, 9.17) is 0 Å². The van der Waals surface area contributed by atoms with Crippen LogP contribution in [0.5, 0.6) is 0 Å². The fourth-order valence-electron chi connectivity index (χ4n) is 3.73. The van der Waals surface area contributed by atoms with Crippen molar-refractivity contribution in [3.05, 3.63) is 54.1 Å². The highest BCUT2D eigenvalue weighted by Gasteiger charge is 2.28. The van der Waals surface area contributed by atoms with Gasteiger partial charge >= 0.3 is 0 Å². The summed E-state index contributed by atoms with van der Waals surface area (Å²) in [5.41, 5.74) is 1.36. The van der Waals surface area contributed by atoms with Crippen LogP contribution in [0.4, 0.5) is 16.8 Å². The van der Waals surface area contributed by atoms with Gasteiger partial charge in [-0.1, -0.05) is 0 Å². The minimum atomic E-state index is -0.210. The van der Waals surface area contributed by atoms with Crippen molar-refractivity contribution in [3.8, 4) is 0 Å². The molecule has 0 bridgehead atoms. The Morgan fingerprint density at radius 3 is 3.00 bits per heavy atom. The quantitative estimate of drug-likeness (QED) is 0.512. The lowest BCUT2D eigenvalue weighted by Gasteiger charge is -2.26. The van der Waals surface area contributed by atoms with Crippen LogP contribution in [0.1, 0.15) is 16.8 Å². The summed E-state index contributed by atoms with van der Waals surface area (Å²) in [5.74, 6) is 1.58. The summed E-state index contributed by atoms with van der Waals surface area (Å²) in [7, 11) is 2.04. The summed E-state index contributed by atoms with van der Waals surface area (Å²) in [4.78, 5) is 37.3. The molecule has 9 nitrogen and oxygen atoms in total. The Bertz CT molecular complexity index is 1160. The number of anilines is 3. The van der Waals surface area contributed by atoms with Gasteiger partial charge in [-0.25, -0.2) is 19.9 Å². The standard InChI is InChI=1S/C20H20N8OS/c1-27(16-3-2-13(10-23-16)19(29)26-20-22-7-9-30-20)14-5-8-28(11-14)18-15-4-6-21-17(15)24-12-25-18/h2-4,6-7,9-10,12,14H,5,8,11H2,1H3,(H,21,24,25)(H,22,26,29). The third-order valence-electron chi connectivity index (χ3n) is 5.37. The van der Waals surface area contributed by atoms with Crippen LogP contribution in [0.15, 0.2) is 48.5 Å². The van der Waals surface area contributed by atoms with E-state index >= 15 is 0 Å². The Balaban J connectivity index is 1.26. The van der Waals surface area contributed by atoms with E-state index in [1.54, 1.807) is 24.8 Å². The van der Waals surface area contributed by atoms with Gasteiger partial charge in [-0.3, -0.25) is 10.1 Å². The summed E-state index contributed by atoms with van der Waals surface area (Å²) in [6.07, 6.45) is 7.75. The fourth-order valence-corrected chi connectivity index (χ4v) is 4.26. The van der Waals surface area contributed by atoms with Crippen LogP contribution >= 0.6 is 11.3 Å². The first-order valence-corrected chi connectivity index (χ1v) is 10.5. The van der Waals surface area contributed by atoms with Crippen molar-refractivity contribution in [2.45, 2.75) is 12.5 Å². The van der Waals surface area contributed by atoms with Gasteiger partial charge in [-0.15, -0.1) is 11.3 Å². The fraction of sp³-hybridized carbons (Fsp3) is 0.250. The van der Waals surface area contributed by atoms with Crippen molar-refractivity contribution in [1.29, 1.82) is 0 Å². The lowest BCUT2D eigenvalue weighted by Crippen LogP contribution is -2.35.